The number of nitrogens with zero attached hydrogens (tertiary/aromatic N) is 1. The van der Waals surface area contributed by atoms with Crippen LogP contribution in [0.5, 0.6) is 0 Å². The number of benzene rings is 1. The number of fused-ring (bicyclic) bond motifs is 3. The fraction of sp³-hybridized carbons (Fsp3) is 0.286. The molecule has 1 saturated heterocycles. The van der Waals surface area contributed by atoms with Crippen molar-refractivity contribution in [2.75, 3.05) is 17.3 Å². The van der Waals surface area contributed by atoms with E-state index >= 15 is 0 Å². The zero-order valence-corrected chi connectivity index (χ0v) is 13.0. The fourth-order valence-corrected chi connectivity index (χ4v) is 6.15. The molecule has 6 heteroatoms. The number of hydrogen-bond donors (Lipinski definition) is 1. The Morgan fingerprint density at radius 1 is 1.25 bits per heavy atom. The summed E-state index contributed by atoms with van der Waals surface area (Å²) in [6, 6.07) is 8.01. The molecule has 20 heavy (non-hydrogen) atoms. The second-order valence-electron chi connectivity index (χ2n) is 4.66. The van der Waals surface area contributed by atoms with Crippen LogP contribution in [0.4, 0.5) is 0 Å². The van der Waals surface area contributed by atoms with Crippen molar-refractivity contribution >= 4 is 55.2 Å². The van der Waals surface area contributed by atoms with Gasteiger partial charge in [0.1, 0.15) is 10.7 Å². The summed E-state index contributed by atoms with van der Waals surface area (Å²) >= 11 is 5.43. The molecule has 0 bridgehead atoms. The predicted molar refractivity (Wildman–Crippen MR) is 90.3 cm³/mol. The largest absolute Gasteiger partial charge is 0.309 e. The molecule has 1 aromatic carbocycles. The molecule has 1 aliphatic rings. The van der Waals surface area contributed by atoms with Crippen LogP contribution >= 0.6 is 34.9 Å². The van der Waals surface area contributed by atoms with E-state index in [0.29, 0.717) is 5.25 Å². The number of aromatic amines is 1. The van der Waals surface area contributed by atoms with E-state index in [-0.39, 0.29) is 5.56 Å². The summed E-state index contributed by atoms with van der Waals surface area (Å²) in [5.74, 6) is 4.19. The normalized spacial score (nSPS) is 19.7. The molecule has 0 radical (unpaired) electrons. The van der Waals surface area contributed by atoms with Crippen LogP contribution in [0.3, 0.4) is 0 Å². The molecule has 3 heterocycles. The number of rotatable bonds is 1. The molecule has 0 aliphatic carbocycles. The summed E-state index contributed by atoms with van der Waals surface area (Å²) in [6.07, 6.45) is 0. The van der Waals surface area contributed by atoms with Crippen molar-refractivity contribution in [1.29, 1.82) is 0 Å². The molecule has 1 aliphatic heterocycles. The molecule has 4 rings (SSSR count). The van der Waals surface area contributed by atoms with E-state index in [1.807, 2.05) is 47.8 Å². The summed E-state index contributed by atoms with van der Waals surface area (Å²) < 4.78 is 1.13. The van der Waals surface area contributed by atoms with Gasteiger partial charge >= 0.3 is 0 Å². The molecule has 0 amide bonds. The number of thioether (sulfide) groups is 2. The van der Waals surface area contributed by atoms with E-state index in [1.165, 1.54) is 5.75 Å². The van der Waals surface area contributed by atoms with Crippen LogP contribution in [0.15, 0.2) is 29.1 Å². The average molecular weight is 320 g/mol. The Hall–Kier alpha value is -0.980. The lowest BCUT2D eigenvalue weighted by Crippen LogP contribution is -2.16. The van der Waals surface area contributed by atoms with Crippen LogP contribution in [0.2, 0.25) is 0 Å². The Bertz CT molecular complexity index is 833. The monoisotopic (exact) mass is 320 g/mol. The lowest BCUT2D eigenvalue weighted by molar-refractivity contribution is 0.931. The maximum absolute atomic E-state index is 12.4. The van der Waals surface area contributed by atoms with Crippen molar-refractivity contribution in [3.63, 3.8) is 0 Å². The third-order valence-corrected chi connectivity index (χ3v) is 7.22. The van der Waals surface area contributed by atoms with Gasteiger partial charge in [-0.15, -0.1) is 23.1 Å². The van der Waals surface area contributed by atoms with Crippen LogP contribution in [0, 0.1) is 0 Å². The number of hydrogen-bond acceptors (Lipinski definition) is 5. The summed E-state index contributed by atoms with van der Waals surface area (Å²) in [6.45, 7) is 0. The second-order valence-corrected chi connectivity index (χ2v) is 8.15. The van der Waals surface area contributed by atoms with Gasteiger partial charge in [-0.3, -0.25) is 4.79 Å². The van der Waals surface area contributed by atoms with Gasteiger partial charge in [0.05, 0.1) is 10.6 Å². The average Bonchev–Trinajstić information content (AvgIpc) is 2.87. The van der Waals surface area contributed by atoms with Gasteiger partial charge in [0, 0.05) is 27.3 Å². The van der Waals surface area contributed by atoms with Crippen molar-refractivity contribution in [3.8, 4) is 0 Å². The van der Waals surface area contributed by atoms with Gasteiger partial charge in [0.25, 0.3) is 5.56 Å². The number of aromatic nitrogens is 2. The molecule has 3 nitrogen and oxygen atoms in total. The van der Waals surface area contributed by atoms with E-state index in [9.17, 15) is 4.79 Å². The fourth-order valence-electron chi connectivity index (χ4n) is 2.45. The van der Waals surface area contributed by atoms with Crippen molar-refractivity contribution in [1.82, 2.24) is 9.97 Å². The highest BCUT2D eigenvalue weighted by atomic mass is 32.2. The number of thiophene rings is 1. The van der Waals surface area contributed by atoms with Crippen LogP contribution in [0.1, 0.15) is 11.1 Å². The van der Waals surface area contributed by atoms with Crippen LogP contribution < -0.4 is 5.56 Å². The number of nitrogens with one attached hydrogen (secondary N) is 1. The summed E-state index contributed by atoms with van der Waals surface area (Å²) in [5, 5.41) is 2.07. The minimum absolute atomic E-state index is 0.00127. The Balaban J connectivity index is 1.93. The molecular weight excluding hydrogens is 308 g/mol. The zero-order chi connectivity index (χ0) is 13.5. The third-order valence-electron chi connectivity index (χ3n) is 3.39. The molecule has 1 unspecified atom stereocenters. The Morgan fingerprint density at radius 3 is 3.00 bits per heavy atom. The first-order valence-corrected chi connectivity index (χ1v) is 9.46. The van der Waals surface area contributed by atoms with Gasteiger partial charge in [0.15, 0.2) is 0 Å². The number of H-pyrrole nitrogens is 1. The highest BCUT2D eigenvalue weighted by Crippen LogP contribution is 2.36. The first-order chi connectivity index (χ1) is 9.83. The third kappa shape index (κ3) is 2.06. The van der Waals surface area contributed by atoms with E-state index in [4.69, 9.17) is 4.98 Å². The van der Waals surface area contributed by atoms with Gasteiger partial charge in [0.2, 0.25) is 0 Å². The smallest absolute Gasteiger partial charge is 0.260 e. The first-order valence-electron chi connectivity index (χ1n) is 6.44. The van der Waals surface area contributed by atoms with Gasteiger partial charge in [-0.05, 0) is 6.07 Å². The standard InChI is InChI=1S/C14H12N2OS3/c17-13-11-8-3-1-2-4-9(8)20-14(11)16-12(15-13)10-7-18-5-6-19-10/h1-4,10H,5-7H2,(H,15,16,17). The Kier molecular flexibility index (Phi) is 3.24. The van der Waals surface area contributed by atoms with E-state index < -0.39 is 0 Å². The van der Waals surface area contributed by atoms with Gasteiger partial charge in [-0.2, -0.15) is 11.8 Å². The van der Waals surface area contributed by atoms with Crippen LogP contribution in [-0.2, 0) is 0 Å². The zero-order valence-electron chi connectivity index (χ0n) is 10.6. The predicted octanol–water partition coefficient (Wildman–Crippen LogP) is 3.66. The van der Waals surface area contributed by atoms with Crippen LogP contribution in [-0.4, -0.2) is 27.2 Å². The highest BCUT2D eigenvalue weighted by molar-refractivity contribution is 8.06. The van der Waals surface area contributed by atoms with Crippen LogP contribution in [0.25, 0.3) is 20.3 Å². The van der Waals surface area contributed by atoms with Crippen molar-refractivity contribution in [2.45, 2.75) is 5.25 Å². The first kappa shape index (κ1) is 12.7. The van der Waals surface area contributed by atoms with Crippen molar-refractivity contribution in [3.05, 3.63) is 40.4 Å². The van der Waals surface area contributed by atoms with E-state index in [1.54, 1.807) is 11.3 Å². The molecule has 102 valence electrons. The Labute approximate surface area is 128 Å². The van der Waals surface area contributed by atoms with Gasteiger partial charge in [-0.1, -0.05) is 18.2 Å². The minimum Gasteiger partial charge on any atom is -0.309 e. The molecule has 1 fully saturated rings. The van der Waals surface area contributed by atoms with E-state index in [0.717, 1.165) is 37.6 Å². The summed E-state index contributed by atoms with van der Waals surface area (Å²) in [7, 11) is 0. The molecular formula is C14H12N2OS3. The minimum atomic E-state index is -0.00127. The maximum atomic E-state index is 12.4. The molecule has 3 aromatic rings. The SMILES string of the molecule is O=c1[nH]c(C2CSCCS2)nc2sc3ccccc3c12. The highest BCUT2D eigenvalue weighted by Gasteiger charge is 2.20. The molecule has 1 N–H and O–H groups in total. The summed E-state index contributed by atoms with van der Waals surface area (Å²) in [4.78, 5) is 21.0. The topological polar surface area (TPSA) is 45.8 Å². The van der Waals surface area contributed by atoms with Gasteiger partial charge < -0.3 is 4.98 Å². The molecule has 0 saturated carbocycles. The lowest BCUT2D eigenvalue weighted by atomic mass is 10.2. The maximum Gasteiger partial charge on any atom is 0.260 e. The molecule has 2 aromatic heterocycles. The summed E-state index contributed by atoms with van der Waals surface area (Å²) in [5.41, 5.74) is -0.00127. The van der Waals surface area contributed by atoms with Gasteiger partial charge in [-0.25, -0.2) is 4.98 Å². The Morgan fingerprint density at radius 2 is 2.15 bits per heavy atom. The lowest BCUT2D eigenvalue weighted by Gasteiger charge is -2.19. The van der Waals surface area contributed by atoms with E-state index in [2.05, 4.69) is 4.98 Å². The second kappa shape index (κ2) is 5.09. The molecule has 1 atom stereocenters. The quantitative estimate of drug-likeness (QED) is 0.743. The van der Waals surface area contributed by atoms with Crippen molar-refractivity contribution in [2.24, 2.45) is 0 Å². The van der Waals surface area contributed by atoms with Crippen molar-refractivity contribution < 1.29 is 0 Å². The molecule has 0 spiro atoms.